The van der Waals surface area contributed by atoms with Gasteiger partial charge in [0.15, 0.2) is 16.4 Å². The number of nitrogens with zero attached hydrogens (tertiary/aromatic N) is 1. The van der Waals surface area contributed by atoms with E-state index in [0.717, 1.165) is 43.5 Å². The van der Waals surface area contributed by atoms with E-state index in [1.54, 1.807) is 6.07 Å². The minimum absolute atomic E-state index is 0.108. The van der Waals surface area contributed by atoms with Gasteiger partial charge in [-0.2, -0.15) is 0 Å². The standard InChI is InChI=1S/C23H30ClNO5S/c1-14-5-19(15(2)25(14)18-3-4-31(28,29)12-18)20(26)11-30-21(27)22-7-16-6-17(8-22)10-23(24,9-16)13-22/h5,16-18H,3-4,6-13H2,1-2H3. The lowest BCUT2D eigenvalue weighted by Gasteiger charge is -2.58. The molecule has 4 bridgehead atoms. The van der Waals surface area contributed by atoms with E-state index in [2.05, 4.69) is 0 Å². The van der Waals surface area contributed by atoms with Crippen molar-refractivity contribution in [3.63, 3.8) is 0 Å². The monoisotopic (exact) mass is 467 g/mol. The molecule has 3 atom stereocenters. The Morgan fingerprint density at radius 3 is 2.45 bits per heavy atom. The van der Waals surface area contributed by atoms with E-state index in [1.165, 1.54) is 0 Å². The van der Waals surface area contributed by atoms with Gasteiger partial charge in [-0.3, -0.25) is 9.59 Å². The summed E-state index contributed by atoms with van der Waals surface area (Å²) in [6, 6.07) is 1.65. The molecule has 3 unspecified atom stereocenters. The number of ketones is 1. The number of aryl methyl sites for hydroxylation is 1. The lowest BCUT2D eigenvalue weighted by atomic mass is 9.49. The number of hydrogen-bond donors (Lipinski definition) is 0. The first kappa shape index (κ1) is 21.5. The second-order valence-electron chi connectivity index (χ2n) is 10.6. The Kier molecular flexibility index (Phi) is 4.91. The smallest absolute Gasteiger partial charge is 0.312 e. The fourth-order valence-electron chi connectivity index (χ4n) is 7.35. The van der Waals surface area contributed by atoms with Crippen molar-refractivity contribution < 1.29 is 22.7 Å². The van der Waals surface area contributed by atoms with Crippen molar-refractivity contribution in [3.05, 3.63) is 23.0 Å². The highest BCUT2D eigenvalue weighted by Gasteiger charge is 2.60. The molecule has 0 amide bonds. The van der Waals surface area contributed by atoms with Crippen molar-refractivity contribution in [1.29, 1.82) is 0 Å². The zero-order chi connectivity index (χ0) is 22.2. The SMILES string of the molecule is Cc1cc(C(=O)COC(=O)C23CC4CC(CC(Cl)(C4)C2)C3)c(C)n1C1CCS(=O)(=O)C1. The molecule has 1 saturated heterocycles. The van der Waals surface area contributed by atoms with Crippen molar-refractivity contribution in [1.82, 2.24) is 4.57 Å². The molecule has 0 spiro atoms. The normalized spacial score (nSPS) is 37.8. The van der Waals surface area contributed by atoms with Gasteiger partial charge in [-0.1, -0.05) is 0 Å². The first-order valence-electron chi connectivity index (χ1n) is 11.3. The van der Waals surface area contributed by atoms with Crippen molar-refractivity contribution in [2.45, 2.75) is 69.7 Å². The molecule has 0 aromatic carbocycles. The summed E-state index contributed by atoms with van der Waals surface area (Å²) in [6.45, 7) is 3.44. The molecule has 1 aliphatic heterocycles. The Balaban J connectivity index is 1.28. The topological polar surface area (TPSA) is 82.4 Å². The summed E-state index contributed by atoms with van der Waals surface area (Å²) in [5.41, 5.74) is 1.59. The molecule has 4 saturated carbocycles. The van der Waals surface area contributed by atoms with Crippen LogP contribution in [0.2, 0.25) is 0 Å². The second kappa shape index (κ2) is 7.08. The number of halogens is 1. The molecular weight excluding hydrogens is 438 g/mol. The molecule has 5 aliphatic rings. The average molecular weight is 468 g/mol. The number of Topliss-reactive ketones (excluding diaryl/α,β-unsaturated/α-hetero) is 1. The Morgan fingerprint density at radius 1 is 1.19 bits per heavy atom. The number of hydrogen-bond acceptors (Lipinski definition) is 5. The molecule has 5 fully saturated rings. The number of carbonyl (C=O) groups excluding carboxylic acids is 2. The zero-order valence-electron chi connectivity index (χ0n) is 18.2. The number of alkyl halides is 1. The first-order valence-corrected chi connectivity index (χ1v) is 13.5. The van der Waals surface area contributed by atoms with Gasteiger partial charge in [-0.05, 0) is 76.7 Å². The van der Waals surface area contributed by atoms with Crippen LogP contribution in [0.3, 0.4) is 0 Å². The fourth-order valence-corrected chi connectivity index (χ4v) is 9.74. The van der Waals surface area contributed by atoms with Crippen LogP contribution in [0.5, 0.6) is 0 Å². The van der Waals surface area contributed by atoms with E-state index in [-0.39, 0.29) is 40.8 Å². The number of sulfone groups is 1. The van der Waals surface area contributed by atoms with Crippen LogP contribution in [0.25, 0.3) is 0 Å². The molecule has 0 radical (unpaired) electrons. The van der Waals surface area contributed by atoms with Gasteiger partial charge in [-0.25, -0.2) is 8.42 Å². The maximum Gasteiger partial charge on any atom is 0.312 e. The third-order valence-electron chi connectivity index (χ3n) is 8.12. The number of ether oxygens (including phenoxy) is 1. The van der Waals surface area contributed by atoms with Crippen LogP contribution in [0.1, 0.15) is 72.7 Å². The van der Waals surface area contributed by atoms with E-state index in [9.17, 15) is 18.0 Å². The summed E-state index contributed by atoms with van der Waals surface area (Å²) in [4.78, 5) is 25.8. The predicted molar refractivity (Wildman–Crippen MR) is 117 cm³/mol. The minimum atomic E-state index is -3.02. The summed E-state index contributed by atoms with van der Waals surface area (Å²) in [6.07, 6.45) is 6.01. The van der Waals surface area contributed by atoms with Crippen LogP contribution < -0.4 is 0 Å². The van der Waals surface area contributed by atoms with Gasteiger partial charge < -0.3 is 9.30 Å². The van der Waals surface area contributed by atoms with Crippen LogP contribution in [-0.4, -0.2) is 47.7 Å². The maximum atomic E-state index is 13.1. The number of aromatic nitrogens is 1. The molecule has 6 nitrogen and oxygen atoms in total. The van der Waals surface area contributed by atoms with E-state index >= 15 is 0 Å². The van der Waals surface area contributed by atoms with Crippen LogP contribution in [0, 0.1) is 31.1 Å². The van der Waals surface area contributed by atoms with Crippen LogP contribution >= 0.6 is 11.6 Å². The Hall–Kier alpha value is -1.34. The van der Waals surface area contributed by atoms with Gasteiger partial charge in [-0.15, -0.1) is 11.6 Å². The van der Waals surface area contributed by atoms with Gasteiger partial charge in [0.05, 0.1) is 16.9 Å². The molecule has 4 aliphatic carbocycles. The summed E-state index contributed by atoms with van der Waals surface area (Å²) >= 11 is 6.83. The summed E-state index contributed by atoms with van der Waals surface area (Å²) in [7, 11) is -3.02. The van der Waals surface area contributed by atoms with Gasteiger partial charge >= 0.3 is 5.97 Å². The molecular formula is C23H30ClNO5S. The van der Waals surface area contributed by atoms with Gasteiger partial charge in [0.1, 0.15) is 0 Å². The average Bonchev–Trinajstić information content (AvgIpc) is 3.15. The van der Waals surface area contributed by atoms with E-state index < -0.39 is 15.3 Å². The minimum Gasteiger partial charge on any atom is -0.457 e. The van der Waals surface area contributed by atoms with Gasteiger partial charge in [0, 0.05) is 27.9 Å². The largest absolute Gasteiger partial charge is 0.457 e. The van der Waals surface area contributed by atoms with Crippen molar-refractivity contribution >= 4 is 33.2 Å². The van der Waals surface area contributed by atoms with Crippen molar-refractivity contribution in [3.8, 4) is 0 Å². The lowest BCUT2D eigenvalue weighted by molar-refractivity contribution is -0.168. The molecule has 2 heterocycles. The predicted octanol–water partition coefficient (Wildman–Crippen LogP) is 3.77. The third kappa shape index (κ3) is 3.65. The summed E-state index contributed by atoms with van der Waals surface area (Å²) in [5, 5.41) is 0. The zero-order valence-corrected chi connectivity index (χ0v) is 19.7. The van der Waals surface area contributed by atoms with E-state index in [4.69, 9.17) is 16.3 Å². The molecule has 8 heteroatoms. The van der Waals surface area contributed by atoms with Crippen LogP contribution in [0.4, 0.5) is 0 Å². The number of rotatable bonds is 5. The van der Waals surface area contributed by atoms with Gasteiger partial charge in [0.2, 0.25) is 5.78 Å². The third-order valence-corrected chi connectivity index (χ3v) is 10.3. The molecule has 0 N–H and O–H groups in total. The molecule has 31 heavy (non-hydrogen) atoms. The van der Waals surface area contributed by atoms with Crippen molar-refractivity contribution in [2.75, 3.05) is 18.1 Å². The number of carbonyl (C=O) groups is 2. The molecule has 1 aromatic rings. The number of esters is 1. The van der Waals surface area contributed by atoms with Crippen molar-refractivity contribution in [2.24, 2.45) is 17.3 Å². The van der Waals surface area contributed by atoms with Crippen LogP contribution in [-0.2, 0) is 19.4 Å². The van der Waals surface area contributed by atoms with Gasteiger partial charge in [0.25, 0.3) is 0 Å². The molecule has 1 aromatic heterocycles. The Morgan fingerprint density at radius 2 is 1.87 bits per heavy atom. The molecule has 170 valence electrons. The fraction of sp³-hybridized carbons (Fsp3) is 0.739. The highest BCUT2D eigenvalue weighted by Crippen LogP contribution is 2.64. The highest BCUT2D eigenvalue weighted by atomic mass is 35.5. The summed E-state index contributed by atoms with van der Waals surface area (Å²) in [5.74, 6) is 0.764. The highest BCUT2D eigenvalue weighted by molar-refractivity contribution is 7.91. The quantitative estimate of drug-likeness (QED) is 0.374. The maximum absolute atomic E-state index is 13.1. The Labute approximate surface area is 188 Å². The summed E-state index contributed by atoms with van der Waals surface area (Å²) < 4.78 is 31.3. The second-order valence-corrected chi connectivity index (χ2v) is 13.6. The Bertz CT molecular complexity index is 1040. The van der Waals surface area contributed by atoms with E-state index in [1.807, 2.05) is 18.4 Å². The van der Waals surface area contributed by atoms with Crippen LogP contribution in [0.15, 0.2) is 6.07 Å². The van der Waals surface area contributed by atoms with E-state index in [0.29, 0.717) is 30.2 Å². The molecule has 6 rings (SSSR count). The first-order chi connectivity index (χ1) is 14.5. The lowest BCUT2D eigenvalue weighted by Crippen LogP contribution is -2.56.